The maximum absolute atomic E-state index is 14.5. The van der Waals surface area contributed by atoms with Crippen LogP contribution >= 0.6 is 0 Å². The van der Waals surface area contributed by atoms with Crippen molar-refractivity contribution < 1.29 is 18.0 Å². The molecule has 0 spiro atoms. The van der Waals surface area contributed by atoms with Gasteiger partial charge in [-0.25, -0.2) is 8.42 Å². The Hall–Kier alpha value is -4.43. The Morgan fingerprint density at radius 2 is 1.36 bits per heavy atom. The van der Waals surface area contributed by atoms with Gasteiger partial charge in [-0.15, -0.1) is 0 Å². The Morgan fingerprint density at radius 1 is 0.778 bits per heavy atom. The molecule has 4 rings (SSSR count). The highest BCUT2D eigenvalue weighted by Crippen LogP contribution is 2.27. The maximum atomic E-state index is 14.5. The number of amides is 2. The first-order valence-corrected chi connectivity index (χ1v) is 16.9. The number of carbonyl (C=O) groups excluding carboxylic acids is 2. The highest BCUT2D eigenvalue weighted by Gasteiger charge is 2.34. The average Bonchev–Trinajstić information content (AvgIpc) is 3.05. The lowest BCUT2D eigenvalue weighted by molar-refractivity contribution is -0.140. The molecule has 7 nitrogen and oxygen atoms in total. The van der Waals surface area contributed by atoms with E-state index >= 15 is 0 Å². The molecule has 0 fully saturated rings. The zero-order chi connectivity index (χ0) is 32.4. The van der Waals surface area contributed by atoms with E-state index in [4.69, 9.17) is 0 Å². The molecule has 0 unspecified atom stereocenters. The van der Waals surface area contributed by atoms with Gasteiger partial charge in [0.05, 0.1) is 10.6 Å². The van der Waals surface area contributed by atoms with Gasteiger partial charge >= 0.3 is 0 Å². The minimum Gasteiger partial charge on any atom is -0.354 e. The molecular weight excluding hydrogens is 582 g/mol. The summed E-state index contributed by atoms with van der Waals surface area (Å²) in [6, 6.07) is 32.0. The minimum atomic E-state index is -4.14. The quantitative estimate of drug-likeness (QED) is 0.174. The van der Waals surface area contributed by atoms with Crippen molar-refractivity contribution in [3.8, 4) is 0 Å². The monoisotopic (exact) mass is 625 g/mol. The predicted molar refractivity (Wildman–Crippen MR) is 180 cm³/mol. The Kier molecular flexibility index (Phi) is 11.5. The van der Waals surface area contributed by atoms with Crippen LogP contribution in [0, 0.1) is 6.92 Å². The van der Waals surface area contributed by atoms with Crippen molar-refractivity contribution >= 4 is 27.5 Å². The molecule has 0 saturated heterocycles. The molecule has 4 aromatic rings. The maximum Gasteiger partial charge on any atom is 0.264 e. The molecule has 0 saturated carbocycles. The van der Waals surface area contributed by atoms with E-state index in [9.17, 15) is 18.0 Å². The fourth-order valence-electron chi connectivity index (χ4n) is 5.09. The zero-order valence-corrected chi connectivity index (χ0v) is 27.3. The van der Waals surface area contributed by atoms with Crippen LogP contribution in [0.4, 0.5) is 5.69 Å². The number of nitrogens with one attached hydrogen (secondary N) is 1. The highest BCUT2D eigenvalue weighted by molar-refractivity contribution is 7.92. The number of benzene rings is 4. The summed E-state index contributed by atoms with van der Waals surface area (Å²) in [4.78, 5) is 29.8. The van der Waals surface area contributed by atoms with Crippen LogP contribution in [0.1, 0.15) is 55.4 Å². The largest absolute Gasteiger partial charge is 0.354 e. The van der Waals surface area contributed by atoms with Gasteiger partial charge in [0.1, 0.15) is 12.6 Å². The molecule has 0 heterocycles. The summed E-state index contributed by atoms with van der Waals surface area (Å²) in [5, 5.41) is 2.97. The van der Waals surface area contributed by atoms with E-state index in [2.05, 4.69) is 19.2 Å². The third kappa shape index (κ3) is 8.82. The summed E-state index contributed by atoms with van der Waals surface area (Å²) in [5.41, 5.74) is 4.09. The smallest absolute Gasteiger partial charge is 0.264 e. The van der Waals surface area contributed by atoms with E-state index in [1.807, 2.05) is 86.6 Å². The first-order chi connectivity index (χ1) is 21.6. The van der Waals surface area contributed by atoms with Gasteiger partial charge in [-0.3, -0.25) is 13.9 Å². The standard InChI is InChI=1S/C37H43N3O4S/c1-5-24-38-37(42)35(25-30-12-8-6-9-13-30)39(26-31-14-10-7-11-15-31)36(41)27-40(33-20-18-32(19-21-33)28(2)3)45(43,44)34-22-16-29(4)17-23-34/h6-23,28,35H,5,24-27H2,1-4H3,(H,38,42)/t35-/m1/s1. The molecule has 2 amide bonds. The zero-order valence-electron chi connectivity index (χ0n) is 26.5. The molecular formula is C37H43N3O4S. The summed E-state index contributed by atoms with van der Waals surface area (Å²) in [5.74, 6) is -0.501. The van der Waals surface area contributed by atoms with Crippen LogP contribution in [0.25, 0.3) is 0 Å². The number of hydrogen-bond donors (Lipinski definition) is 1. The lowest BCUT2D eigenvalue weighted by atomic mass is 10.0. The molecule has 8 heteroatoms. The second-order valence-electron chi connectivity index (χ2n) is 11.6. The van der Waals surface area contributed by atoms with Crippen molar-refractivity contribution in [1.29, 1.82) is 0 Å². The van der Waals surface area contributed by atoms with Crippen LogP contribution in [-0.4, -0.2) is 44.3 Å². The van der Waals surface area contributed by atoms with Crippen LogP contribution in [-0.2, 0) is 32.6 Å². The molecule has 1 atom stereocenters. The highest BCUT2D eigenvalue weighted by atomic mass is 32.2. The number of nitrogens with zero attached hydrogens (tertiary/aromatic N) is 2. The minimum absolute atomic E-state index is 0.0879. The fourth-order valence-corrected chi connectivity index (χ4v) is 6.51. The number of rotatable bonds is 14. The van der Waals surface area contributed by atoms with Crippen LogP contribution in [0.2, 0.25) is 0 Å². The molecule has 0 aliphatic rings. The van der Waals surface area contributed by atoms with E-state index in [0.29, 0.717) is 12.2 Å². The second-order valence-corrected chi connectivity index (χ2v) is 13.4. The summed E-state index contributed by atoms with van der Waals surface area (Å²) >= 11 is 0. The van der Waals surface area contributed by atoms with Crippen molar-refractivity contribution in [2.75, 3.05) is 17.4 Å². The van der Waals surface area contributed by atoms with E-state index in [1.54, 1.807) is 36.4 Å². The molecule has 0 bridgehead atoms. The third-order valence-corrected chi connectivity index (χ3v) is 9.54. The van der Waals surface area contributed by atoms with Crippen LogP contribution in [0.15, 0.2) is 114 Å². The summed E-state index contributed by atoms with van der Waals surface area (Å²) in [6.45, 7) is 8.12. The fraction of sp³-hybridized carbons (Fsp3) is 0.297. The van der Waals surface area contributed by atoms with E-state index in [1.165, 1.54) is 4.90 Å². The first kappa shape index (κ1) is 33.5. The molecule has 236 valence electrons. The molecule has 0 aromatic heterocycles. The first-order valence-electron chi connectivity index (χ1n) is 15.4. The number of sulfonamides is 1. The molecule has 0 aliphatic heterocycles. The number of aryl methyl sites for hydroxylation is 1. The molecule has 0 aliphatic carbocycles. The second kappa shape index (κ2) is 15.5. The summed E-state index contributed by atoms with van der Waals surface area (Å²) in [6.07, 6.45) is 1.02. The SMILES string of the molecule is CCCNC(=O)[C@@H](Cc1ccccc1)N(Cc1ccccc1)C(=O)CN(c1ccc(C(C)C)cc1)S(=O)(=O)c1ccc(C)cc1. The average molecular weight is 626 g/mol. The Balaban J connectivity index is 1.79. The molecule has 45 heavy (non-hydrogen) atoms. The number of hydrogen-bond acceptors (Lipinski definition) is 4. The van der Waals surface area contributed by atoms with E-state index < -0.39 is 28.5 Å². The van der Waals surface area contributed by atoms with Gasteiger partial charge < -0.3 is 10.2 Å². The van der Waals surface area contributed by atoms with Gasteiger partial charge in [-0.1, -0.05) is 111 Å². The van der Waals surface area contributed by atoms with Gasteiger partial charge in [0, 0.05) is 19.5 Å². The lowest BCUT2D eigenvalue weighted by Gasteiger charge is -2.34. The van der Waals surface area contributed by atoms with Gasteiger partial charge in [0.15, 0.2) is 0 Å². The Morgan fingerprint density at radius 3 is 1.91 bits per heavy atom. The van der Waals surface area contributed by atoms with Crippen LogP contribution in [0.5, 0.6) is 0 Å². The van der Waals surface area contributed by atoms with Crippen molar-refractivity contribution in [3.05, 3.63) is 131 Å². The lowest BCUT2D eigenvalue weighted by Crippen LogP contribution is -2.53. The third-order valence-electron chi connectivity index (χ3n) is 7.75. The Labute approximate surface area is 268 Å². The van der Waals surface area contributed by atoms with Crippen molar-refractivity contribution in [2.45, 2.75) is 63.9 Å². The topological polar surface area (TPSA) is 86.8 Å². The predicted octanol–water partition coefficient (Wildman–Crippen LogP) is 6.48. The van der Waals surface area contributed by atoms with Crippen LogP contribution < -0.4 is 9.62 Å². The summed E-state index contributed by atoms with van der Waals surface area (Å²) in [7, 11) is -4.14. The molecule has 1 N–H and O–H groups in total. The normalized spacial score (nSPS) is 12.0. The number of carbonyl (C=O) groups is 2. The Bertz CT molecular complexity index is 1640. The van der Waals surface area contributed by atoms with E-state index in [0.717, 1.165) is 33.0 Å². The number of anilines is 1. The molecule has 4 aromatic carbocycles. The van der Waals surface area contributed by atoms with Gasteiger partial charge in [-0.05, 0) is 60.2 Å². The molecule has 0 radical (unpaired) electrons. The van der Waals surface area contributed by atoms with Gasteiger partial charge in [0.25, 0.3) is 10.0 Å². The van der Waals surface area contributed by atoms with Crippen molar-refractivity contribution in [1.82, 2.24) is 10.2 Å². The van der Waals surface area contributed by atoms with Crippen LogP contribution in [0.3, 0.4) is 0 Å². The van der Waals surface area contributed by atoms with Gasteiger partial charge in [0.2, 0.25) is 11.8 Å². The summed E-state index contributed by atoms with van der Waals surface area (Å²) < 4.78 is 29.5. The van der Waals surface area contributed by atoms with Crippen molar-refractivity contribution in [2.24, 2.45) is 0 Å². The van der Waals surface area contributed by atoms with E-state index in [-0.39, 0.29) is 29.7 Å². The van der Waals surface area contributed by atoms with Crippen molar-refractivity contribution in [3.63, 3.8) is 0 Å². The van der Waals surface area contributed by atoms with Gasteiger partial charge in [-0.2, -0.15) is 0 Å².